The molecule has 16 heavy (non-hydrogen) atoms. The summed E-state index contributed by atoms with van der Waals surface area (Å²) in [6.07, 6.45) is 1.90. The molecule has 0 aromatic heterocycles. The predicted octanol–water partition coefficient (Wildman–Crippen LogP) is 2.44. The highest BCUT2D eigenvalue weighted by molar-refractivity contribution is 6.50. The van der Waals surface area contributed by atoms with E-state index < -0.39 is 9.28 Å². The Bertz CT molecular complexity index is 297. The van der Waals surface area contributed by atoms with Crippen molar-refractivity contribution in [2.45, 2.75) is 13.8 Å². The highest BCUT2D eigenvalue weighted by atomic mass is 28.3. The second-order valence-electron chi connectivity index (χ2n) is 3.15. The Labute approximate surface area is 98.9 Å². The minimum absolute atomic E-state index is 0.701. The van der Waals surface area contributed by atoms with Crippen molar-refractivity contribution in [1.82, 2.24) is 0 Å². The Hall–Kier alpha value is -1.10. The highest BCUT2D eigenvalue weighted by Gasteiger charge is 2.05. The first-order valence-electron chi connectivity index (χ1n) is 5.58. The van der Waals surface area contributed by atoms with E-state index in [4.69, 9.17) is 8.85 Å². The standard InChI is InChI=1S/C12H19NO2Si/c1-3-14-16(15-4-2)11-10-13-12-8-6-5-7-9-12/h5-11,13,16H,3-4H2,1-2H3. The normalized spacial score (nSPS) is 11.2. The Balaban J connectivity index is 2.39. The van der Waals surface area contributed by atoms with Gasteiger partial charge in [-0.05, 0) is 37.9 Å². The maximum absolute atomic E-state index is 5.51. The van der Waals surface area contributed by atoms with Crippen LogP contribution in [0.4, 0.5) is 5.69 Å². The van der Waals surface area contributed by atoms with Crippen LogP contribution in [0.25, 0.3) is 0 Å². The second kappa shape index (κ2) is 8.10. The van der Waals surface area contributed by atoms with Crippen molar-refractivity contribution in [1.29, 1.82) is 0 Å². The molecule has 0 heterocycles. The zero-order chi connectivity index (χ0) is 11.6. The number of hydrogen-bond donors (Lipinski definition) is 1. The van der Waals surface area contributed by atoms with Gasteiger partial charge in [-0.3, -0.25) is 0 Å². The van der Waals surface area contributed by atoms with E-state index in [9.17, 15) is 0 Å². The third-order valence-electron chi connectivity index (χ3n) is 1.94. The fraction of sp³-hybridized carbons (Fsp3) is 0.333. The Morgan fingerprint density at radius 2 is 1.75 bits per heavy atom. The summed E-state index contributed by atoms with van der Waals surface area (Å²) in [5.74, 6) is 0. The van der Waals surface area contributed by atoms with Gasteiger partial charge in [0.1, 0.15) is 0 Å². The predicted molar refractivity (Wildman–Crippen MR) is 69.6 cm³/mol. The van der Waals surface area contributed by atoms with E-state index in [0.29, 0.717) is 13.2 Å². The Morgan fingerprint density at radius 3 is 2.31 bits per heavy atom. The van der Waals surface area contributed by atoms with Crippen molar-refractivity contribution in [3.05, 3.63) is 42.2 Å². The smallest absolute Gasteiger partial charge is 0.349 e. The molecule has 0 atom stereocenters. The van der Waals surface area contributed by atoms with Gasteiger partial charge in [0.25, 0.3) is 0 Å². The van der Waals surface area contributed by atoms with Crippen LogP contribution in [0.3, 0.4) is 0 Å². The first-order chi connectivity index (χ1) is 7.86. The molecule has 0 unspecified atom stereocenters. The minimum atomic E-state index is -1.62. The van der Waals surface area contributed by atoms with Gasteiger partial charge in [0, 0.05) is 18.9 Å². The molecule has 88 valence electrons. The number of rotatable bonds is 7. The molecule has 1 aromatic rings. The lowest BCUT2D eigenvalue weighted by atomic mass is 10.3. The largest absolute Gasteiger partial charge is 0.394 e. The number of para-hydroxylation sites is 1. The van der Waals surface area contributed by atoms with Crippen LogP contribution >= 0.6 is 0 Å². The molecule has 0 aliphatic rings. The van der Waals surface area contributed by atoms with Gasteiger partial charge >= 0.3 is 9.28 Å². The van der Waals surface area contributed by atoms with Crippen LogP contribution in [0.1, 0.15) is 13.8 Å². The molecule has 1 aromatic carbocycles. The van der Waals surface area contributed by atoms with Crippen molar-refractivity contribution in [2.24, 2.45) is 0 Å². The van der Waals surface area contributed by atoms with E-state index in [0.717, 1.165) is 5.69 Å². The van der Waals surface area contributed by atoms with E-state index in [1.54, 1.807) is 0 Å². The summed E-state index contributed by atoms with van der Waals surface area (Å²) in [7, 11) is -1.62. The lowest BCUT2D eigenvalue weighted by molar-refractivity contribution is 0.224. The minimum Gasteiger partial charge on any atom is -0.394 e. The third-order valence-corrected chi connectivity index (χ3v) is 3.77. The first kappa shape index (κ1) is 13.0. The average Bonchev–Trinajstić information content (AvgIpc) is 2.31. The van der Waals surface area contributed by atoms with Gasteiger partial charge in [-0.2, -0.15) is 0 Å². The monoisotopic (exact) mass is 237 g/mol. The van der Waals surface area contributed by atoms with Crippen LogP contribution in [0.5, 0.6) is 0 Å². The molecule has 0 aliphatic heterocycles. The fourth-order valence-corrected chi connectivity index (χ4v) is 2.47. The molecule has 1 N–H and O–H groups in total. The molecular formula is C12H19NO2Si. The van der Waals surface area contributed by atoms with E-state index in [-0.39, 0.29) is 0 Å². The summed E-state index contributed by atoms with van der Waals surface area (Å²) in [5, 5.41) is 3.19. The van der Waals surface area contributed by atoms with Crippen molar-refractivity contribution in [2.75, 3.05) is 18.5 Å². The summed E-state index contributed by atoms with van der Waals surface area (Å²) in [6.45, 7) is 5.37. The molecule has 3 nitrogen and oxygen atoms in total. The van der Waals surface area contributed by atoms with Crippen molar-refractivity contribution in [3.8, 4) is 0 Å². The van der Waals surface area contributed by atoms with Crippen LogP contribution in [-0.4, -0.2) is 22.5 Å². The maximum Gasteiger partial charge on any atom is 0.349 e. The number of benzene rings is 1. The van der Waals surface area contributed by atoms with Gasteiger partial charge in [-0.1, -0.05) is 18.2 Å². The van der Waals surface area contributed by atoms with E-state index in [2.05, 4.69) is 5.32 Å². The third kappa shape index (κ3) is 5.11. The summed E-state index contributed by atoms with van der Waals surface area (Å²) in [4.78, 5) is 0. The molecule has 0 aliphatic carbocycles. The van der Waals surface area contributed by atoms with Crippen LogP contribution in [0.15, 0.2) is 42.2 Å². The zero-order valence-electron chi connectivity index (χ0n) is 9.85. The number of anilines is 1. The van der Waals surface area contributed by atoms with Gasteiger partial charge in [-0.15, -0.1) is 0 Å². The fourth-order valence-electron chi connectivity index (χ4n) is 1.25. The summed E-state index contributed by atoms with van der Waals surface area (Å²) >= 11 is 0. The van der Waals surface area contributed by atoms with Crippen molar-refractivity contribution in [3.63, 3.8) is 0 Å². The van der Waals surface area contributed by atoms with Crippen LogP contribution < -0.4 is 5.32 Å². The van der Waals surface area contributed by atoms with E-state index >= 15 is 0 Å². The second-order valence-corrected chi connectivity index (χ2v) is 4.94. The van der Waals surface area contributed by atoms with Crippen LogP contribution in [0, 0.1) is 0 Å². The molecule has 1 rings (SSSR count). The lowest BCUT2D eigenvalue weighted by Crippen LogP contribution is -2.20. The lowest BCUT2D eigenvalue weighted by Gasteiger charge is -2.10. The molecule has 0 radical (unpaired) electrons. The Morgan fingerprint density at radius 1 is 1.12 bits per heavy atom. The molecule has 0 spiro atoms. The average molecular weight is 237 g/mol. The first-order valence-corrected chi connectivity index (χ1v) is 7.19. The molecule has 0 bridgehead atoms. The van der Waals surface area contributed by atoms with Crippen LogP contribution in [-0.2, 0) is 8.85 Å². The maximum atomic E-state index is 5.51. The Kier molecular flexibility index (Phi) is 6.56. The summed E-state index contributed by atoms with van der Waals surface area (Å²) in [6, 6.07) is 10.0. The molecule has 0 saturated carbocycles. The van der Waals surface area contributed by atoms with Gasteiger partial charge in [0.2, 0.25) is 0 Å². The molecule has 4 heteroatoms. The highest BCUT2D eigenvalue weighted by Crippen LogP contribution is 2.04. The molecule has 0 saturated heterocycles. The van der Waals surface area contributed by atoms with Crippen molar-refractivity contribution < 1.29 is 8.85 Å². The van der Waals surface area contributed by atoms with Crippen molar-refractivity contribution >= 4 is 15.0 Å². The quantitative estimate of drug-likeness (QED) is 0.739. The van der Waals surface area contributed by atoms with E-state index in [1.807, 2.05) is 56.1 Å². The topological polar surface area (TPSA) is 30.5 Å². The number of hydrogen-bond acceptors (Lipinski definition) is 3. The van der Waals surface area contributed by atoms with Gasteiger partial charge < -0.3 is 14.2 Å². The molecule has 0 fully saturated rings. The van der Waals surface area contributed by atoms with E-state index in [1.165, 1.54) is 0 Å². The molecular weight excluding hydrogens is 218 g/mol. The van der Waals surface area contributed by atoms with Gasteiger partial charge in [0.05, 0.1) is 0 Å². The number of nitrogens with one attached hydrogen (secondary N) is 1. The van der Waals surface area contributed by atoms with Gasteiger partial charge in [-0.25, -0.2) is 0 Å². The SMILES string of the molecule is CCO[SiH](C=CNc1ccccc1)OCC. The van der Waals surface area contributed by atoms with Crippen LogP contribution in [0.2, 0.25) is 0 Å². The molecule has 0 amide bonds. The zero-order valence-corrected chi connectivity index (χ0v) is 11.0. The summed E-state index contributed by atoms with van der Waals surface area (Å²) < 4.78 is 11.0. The summed E-state index contributed by atoms with van der Waals surface area (Å²) in [5.41, 5.74) is 3.07. The van der Waals surface area contributed by atoms with Gasteiger partial charge in [0.15, 0.2) is 0 Å².